The number of nitrogens with one attached hydrogen (secondary N) is 1. The van der Waals surface area contributed by atoms with E-state index >= 15 is 0 Å². The molecule has 5 nitrogen and oxygen atoms in total. The van der Waals surface area contributed by atoms with Crippen LogP contribution in [0.5, 0.6) is 11.5 Å². The Kier molecular flexibility index (Phi) is 5.28. The molecule has 0 aliphatic carbocycles. The van der Waals surface area contributed by atoms with Gasteiger partial charge in [-0.2, -0.15) is 0 Å². The average Bonchev–Trinajstić information content (AvgIpc) is 2.52. The van der Waals surface area contributed by atoms with Gasteiger partial charge in [-0.15, -0.1) is 0 Å². The van der Waals surface area contributed by atoms with E-state index in [0.717, 1.165) is 28.9 Å². The highest BCUT2D eigenvalue weighted by Gasteiger charge is 2.01. The van der Waals surface area contributed by atoms with E-state index in [1.54, 1.807) is 26.4 Å². The highest BCUT2D eigenvalue weighted by molar-refractivity contribution is 7.92. The Balaban J connectivity index is 2.17. The summed E-state index contributed by atoms with van der Waals surface area (Å²) < 4.78 is 35.2. The Hall–Kier alpha value is -2.47. The summed E-state index contributed by atoms with van der Waals surface area (Å²) in [6.07, 6.45) is 4.99. The summed E-state index contributed by atoms with van der Waals surface area (Å²) >= 11 is 0. The molecule has 0 aliphatic heterocycles. The molecule has 0 heterocycles. The van der Waals surface area contributed by atoms with Gasteiger partial charge in [0, 0.05) is 11.8 Å². The Morgan fingerprint density at radius 1 is 0.870 bits per heavy atom. The van der Waals surface area contributed by atoms with E-state index in [2.05, 4.69) is 4.72 Å². The summed E-state index contributed by atoms with van der Waals surface area (Å²) in [6, 6.07) is 12.7. The summed E-state index contributed by atoms with van der Waals surface area (Å²) in [7, 11) is -0.0427. The molecule has 0 spiro atoms. The van der Waals surface area contributed by atoms with E-state index in [-0.39, 0.29) is 0 Å². The molecule has 0 atom stereocenters. The number of methoxy groups -OCH3 is 2. The van der Waals surface area contributed by atoms with Crippen LogP contribution in [0, 0.1) is 0 Å². The summed E-state index contributed by atoms with van der Waals surface area (Å²) in [4.78, 5) is 0. The number of benzene rings is 2. The van der Waals surface area contributed by atoms with Crippen molar-refractivity contribution in [1.29, 1.82) is 0 Å². The number of hydrogen-bond acceptors (Lipinski definition) is 4. The maximum Gasteiger partial charge on any atom is 0.229 e. The van der Waals surface area contributed by atoms with Gasteiger partial charge < -0.3 is 9.47 Å². The zero-order chi connectivity index (χ0) is 16.9. The zero-order valence-corrected chi connectivity index (χ0v) is 14.1. The van der Waals surface area contributed by atoms with Crippen LogP contribution in [-0.2, 0) is 10.0 Å². The lowest BCUT2D eigenvalue weighted by atomic mass is 10.1. The molecule has 6 heteroatoms. The van der Waals surface area contributed by atoms with Gasteiger partial charge in [-0.3, -0.25) is 4.72 Å². The predicted molar refractivity (Wildman–Crippen MR) is 93.4 cm³/mol. The molecule has 1 N–H and O–H groups in total. The molecular formula is C17H19NO4S. The molecule has 0 radical (unpaired) electrons. The van der Waals surface area contributed by atoms with Crippen LogP contribution in [0.4, 0.5) is 5.69 Å². The number of sulfonamides is 1. The second-order valence-corrected chi connectivity index (χ2v) is 6.72. The monoisotopic (exact) mass is 333 g/mol. The molecule has 0 saturated carbocycles. The van der Waals surface area contributed by atoms with Crippen molar-refractivity contribution in [3.63, 3.8) is 0 Å². The van der Waals surface area contributed by atoms with Crippen LogP contribution in [0.25, 0.3) is 12.2 Å². The van der Waals surface area contributed by atoms with Gasteiger partial charge in [-0.25, -0.2) is 8.42 Å². The van der Waals surface area contributed by atoms with Gasteiger partial charge in [0.1, 0.15) is 11.5 Å². The third-order valence-electron chi connectivity index (χ3n) is 3.06. The molecule has 0 amide bonds. The maximum absolute atomic E-state index is 11.2. The largest absolute Gasteiger partial charge is 0.497 e. The highest BCUT2D eigenvalue weighted by atomic mass is 32.2. The van der Waals surface area contributed by atoms with Crippen LogP contribution in [0.3, 0.4) is 0 Å². The van der Waals surface area contributed by atoms with E-state index in [0.29, 0.717) is 5.69 Å². The van der Waals surface area contributed by atoms with Gasteiger partial charge in [0.05, 0.1) is 20.5 Å². The molecule has 0 aliphatic rings. The highest BCUT2D eigenvalue weighted by Crippen LogP contribution is 2.24. The predicted octanol–water partition coefficient (Wildman–Crippen LogP) is 3.25. The maximum atomic E-state index is 11.2. The number of rotatable bonds is 6. The first kappa shape index (κ1) is 16.9. The first-order chi connectivity index (χ1) is 10.9. The first-order valence-corrected chi connectivity index (χ1v) is 8.78. The Morgan fingerprint density at radius 2 is 1.39 bits per heavy atom. The van der Waals surface area contributed by atoms with Crippen molar-refractivity contribution < 1.29 is 17.9 Å². The molecule has 2 aromatic rings. The number of ether oxygens (including phenoxy) is 2. The van der Waals surface area contributed by atoms with Crippen molar-refractivity contribution in [1.82, 2.24) is 0 Å². The van der Waals surface area contributed by atoms with E-state index in [1.165, 1.54) is 0 Å². The summed E-state index contributed by atoms with van der Waals surface area (Å²) in [5.74, 6) is 1.44. The summed E-state index contributed by atoms with van der Waals surface area (Å²) in [5, 5.41) is 0. The van der Waals surface area contributed by atoms with Crippen LogP contribution >= 0.6 is 0 Å². The lowest BCUT2D eigenvalue weighted by molar-refractivity contribution is 0.394. The van der Waals surface area contributed by atoms with E-state index in [1.807, 2.05) is 42.5 Å². The van der Waals surface area contributed by atoms with Crippen molar-refractivity contribution in [3.8, 4) is 11.5 Å². The van der Waals surface area contributed by atoms with Crippen molar-refractivity contribution in [3.05, 3.63) is 53.6 Å². The van der Waals surface area contributed by atoms with Gasteiger partial charge in [0.15, 0.2) is 0 Å². The van der Waals surface area contributed by atoms with Gasteiger partial charge in [-0.1, -0.05) is 24.3 Å². The Morgan fingerprint density at radius 3 is 1.87 bits per heavy atom. The van der Waals surface area contributed by atoms with Crippen molar-refractivity contribution in [2.45, 2.75) is 0 Å². The summed E-state index contributed by atoms with van der Waals surface area (Å²) in [6.45, 7) is 0. The molecule has 2 rings (SSSR count). The third kappa shape index (κ3) is 5.34. The van der Waals surface area contributed by atoms with Gasteiger partial charge in [0.2, 0.25) is 10.0 Å². The smallest absolute Gasteiger partial charge is 0.229 e. The van der Waals surface area contributed by atoms with Crippen LogP contribution in [0.2, 0.25) is 0 Å². The van der Waals surface area contributed by atoms with Crippen LogP contribution in [-0.4, -0.2) is 28.9 Å². The van der Waals surface area contributed by atoms with Crippen molar-refractivity contribution in [2.75, 3.05) is 25.2 Å². The Labute approximate surface area is 136 Å². The molecule has 0 aromatic heterocycles. The topological polar surface area (TPSA) is 64.6 Å². The number of hydrogen-bond donors (Lipinski definition) is 1. The normalized spacial score (nSPS) is 11.4. The third-order valence-corrected chi connectivity index (χ3v) is 3.66. The Bertz CT molecular complexity index is 774. The van der Waals surface area contributed by atoms with E-state index in [4.69, 9.17) is 9.47 Å². The second-order valence-electron chi connectivity index (χ2n) is 4.98. The molecule has 23 heavy (non-hydrogen) atoms. The zero-order valence-electron chi connectivity index (χ0n) is 13.2. The van der Waals surface area contributed by atoms with Crippen molar-refractivity contribution in [2.24, 2.45) is 0 Å². The molecule has 2 aromatic carbocycles. The van der Waals surface area contributed by atoms with E-state index < -0.39 is 10.0 Å². The van der Waals surface area contributed by atoms with Gasteiger partial charge in [0.25, 0.3) is 0 Å². The minimum Gasteiger partial charge on any atom is -0.497 e. The fourth-order valence-electron chi connectivity index (χ4n) is 1.99. The fraction of sp³-hybridized carbons (Fsp3) is 0.176. The lowest BCUT2D eigenvalue weighted by Crippen LogP contribution is -2.09. The minimum atomic E-state index is -3.26. The SMILES string of the molecule is COc1cc(C=Cc2ccc(NS(C)(=O)=O)cc2)cc(OC)c1. The molecule has 122 valence electrons. The van der Waals surface area contributed by atoms with Crippen LogP contribution in [0.15, 0.2) is 42.5 Å². The van der Waals surface area contributed by atoms with E-state index in [9.17, 15) is 8.42 Å². The lowest BCUT2D eigenvalue weighted by Gasteiger charge is -2.06. The minimum absolute atomic E-state index is 0.535. The molecule has 0 saturated heterocycles. The van der Waals surface area contributed by atoms with Gasteiger partial charge in [-0.05, 0) is 35.4 Å². The standard InChI is InChI=1S/C17H19NO4S/c1-21-16-10-14(11-17(12-16)22-2)5-4-13-6-8-15(9-7-13)18-23(3,19)20/h4-12,18H,1-3H3. The average molecular weight is 333 g/mol. The summed E-state index contributed by atoms with van der Waals surface area (Å²) in [5.41, 5.74) is 2.43. The molecule has 0 unspecified atom stereocenters. The second kappa shape index (κ2) is 7.19. The molecule has 0 bridgehead atoms. The number of anilines is 1. The molecular weight excluding hydrogens is 314 g/mol. The van der Waals surface area contributed by atoms with Crippen LogP contribution in [0.1, 0.15) is 11.1 Å². The van der Waals surface area contributed by atoms with Crippen molar-refractivity contribution >= 4 is 27.9 Å². The van der Waals surface area contributed by atoms with Gasteiger partial charge >= 0.3 is 0 Å². The first-order valence-electron chi connectivity index (χ1n) is 6.88. The fourth-order valence-corrected chi connectivity index (χ4v) is 2.56. The van der Waals surface area contributed by atoms with Crippen LogP contribution < -0.4 is 14.2 Å². The quantitative estimate of drug-likeness (QED) is 0.824. The molecule has 0 fully saturated rings.